The van der Waals surface area contributed by atoms with Crippen molar-refractivity contribution >= 4 is 54.2 Å². The summed E-state index contributed by atoms with van der Waals surface area (Å²) < 4.78 is 15.1. The zero-order valence-electron chi connectivity index (χ0n) is 10.6. The fourth-order valence-electron chi connectivity index (χ4n) is 1.87. The summed E-state index contributed by atoms with van der Waals surface area (Å²) in [5.41, 5.74) is 6.92. The number of thiazole rings is 1. The number of amides is 1. The van der Waals surface area contributed by atoms with Gasteiger partial charge in [0, 0.05) is 10.0 Å². The minimum absolute atomic E-state index is 0.132. The van der Waals surface area contributed by atoms with E-state index in [1.165, 1.54) is 23.5 Å². The predicted molar refractivity (Wildman–Crippen MR) is 86.1 cm³/mol. The molecule has 1 aromatic heterocycles. The minimum Gasteiger partial charge on any atom is -0.375 e. The number of hydrogen-bond acceptors (Lipinski definition) is 4. The van der Waals surface area contributed by atoms with Gasteiger partial charge in [-0.1, -0.05) is 27.3 Å². The summed E-state index contributed by atoms with van der Waals surface area (Å²) in [6.07, 6.45) is 0. The van der Waals surface area contributed by atoms with Crippen LogP contribution in [0.4, 0.5) is 15.2 Å². The molecule has 0 atom stereocenters. The lowest BCUT2D eigenvalue weighted by molar-refractivity contribution is 0.102. The molecule has 0 saturated carbocycles. The number of benzene rings is 2. The second-order valence-corrected chi connectivity index (χ2v) is 6.29. The van der Waals surface area contributed by atoms with Crippen LogP contribution in [0.15, 0.2) is 40.9 Å². The smallest absolute Gasteiger partial charge is 0.255 e. The number of aromatic nitrogens is 1. The Hall–Kier alpha value is -1.99. The van der Waals surface area contributed by atoms with Gasteiger partial charge in [0.25, 0.3) is 5.91 Å². The van der Waals surface area contributed by atoms with Crippen LogP contribution >= 0.6 is 27.3 Å². The third kappa shape index (κ3) is 2.88. The van der Waals surface area contributed by atoms with Crippen LogP contribution in [0.5, 0.6) is 0 Å². The van der Waals surface area contributed by atoms with Crippen molar-refractivity contribution in [3.05, 3.63) is 52.3 Å². The standard InChI is InChI=1S/C14H9BrFN3OS/c15-8-2-4-10(9(16)6-8)18-13(20)7-1-3-11-12(5-7)21-14(17)19-11/h1-6H,(H2,17,19)(H,18,20). The number of rotatable bonds is 2. The average Bonchev–Trinajstić information content (AvgIpc) is 2.80. The van der Waals surface area contributed by atoms with Crippen molar-refractivity contribution in [2.24, 2.45) is 0 Å². The maximum absolute atomic E-state index is 13.7. The first-order chi connectivity index (χ1) is 10.0. The summed E-state index contributed by atoms with van der Waals surface area (Å²) in [5.74, 6) is -0.883. The molecular weight excluding hydrogens is 357 g/mol. The van der Waals surface area contributed by atoms with E-state index in [0.717, 1.165) is 10.2 Å². The predicted octanol–water partition coefficient (Wildman–Crippen LogP) is 4.03. The molecule has 0 aliphatic rings. The molecule has 0 radical (unpaired) electrons. The highest BCUT2D eigenvalue weighted by molar-refractivity contribution is 9.10. The molecule has 0 aliphatic heterocycles. The number of carbonyl (C=O) groups is 1. The lowest BCUT2D eigenvalue weighted by Gasteiger charge is -2.06. The van der Waals surface area contributed by atoms with Gasteiger partial charge in [0.15, 0.2) is 5.13 Å². The maximum Gasteiger partial charge on any atom is 0.255 e. The van der Waals surface area contributed by atoms with Crippen LogP contribution in [0.3, 0.4) is 0 Å². The van der Waals surface area contributed by atoms with Crippen molar-refractivity contribution in [2.75, 3.05) is 11.1 Å². The van der Waals surface area contributed by atoms with Crippen molar-refractivity contribution in [3.8, 4) is 0 Å². The molecule has 106 valence electrons. The van der Waals surface area contributed by atoms with Gasteiger partial charge in [-0.15, -0.1) is 0 Å². The van der Waals surface area contributed by atoms with Gasteiger partial charge in [-0.05, 0) is 36.4 Å². The summed E-state index contributed by atoms with van der Waals surface area (Å²) >= 11 is 4.47. The van der Waals surface area contributed by atoms with Crippen LogP contribution in [-0.2, 0) is 0 Å². The number of hydrogen-bond donors (Lipinski definition) is 2. The number of anilines is 2. The van der Waals surface area contributed by atoms with E-state index < -0.39 is 5.82 Å². The molecular formula is C14H9BrFN3OS. The van der Waals surface area contributed by atoms with Crippen molar-refractivity contribution in [1.29, 1.82) is 0 Å². The van der Waals surface area contributed by atoms with E-state index in [2.05, 4.69) is 26.2 Å². The number of halogens is 2. The summed E-state index contributed by atoms with van der Waals surface area (Å²) in [5, 5.41) is 2.99. The van der Waals surface area contributed by atoms with Crippen LogP contribution in [-0.4, -0.2) is 10.9 Å². The molecule has 4 nitrogen and oxygen atoms in total. The molecule has 0 bridgehead atoms. The van der Waals surface area contributed by atoms with Gasteiger partial charge >= 0.3 is 0 Å². The normalized spacial score (nSPS) is 10.8. The molecule has 1 heterocycles. The molecule has 0 spiro atoms. The summed E-state index contributed by atoms with van der Waals surface area (Å²) in [7, 11) is 0. The Bertz CT molecular complexity index is 849. The van der Waals surface area contributed by atoms with E-state index in [0.29, 0.717) is 15.2 Å². The first kappa shape index (κ1) is 14.0. The monoisotopic (exact) mass is 365 g/mol. The fourth-order valence-corrected chi connectivity index (χ4v) is 2.98. The van der Waals surface area contributed by atoms with Crippen LogP contribution in [0, 0.1) is 5.82 Å². The Labute approximate surface area is 131 Å². The second kappa shape index (κ2) is 5.42. The Morgan fingerprint density at radius 1 is 1.29 bits per heavy atom. The summed E-state index contributed by atoms with van der Waals surface area (Å²) in [6, 6.07) is 9.49. The lowest BCUT2D eigenvalue weighted by Crippen LogP contribution is -2.12. The van der Waals surface area contributed by atoms with Crippen molar-refractivity contribution in [3.63, 3.8) is 0 Å². The van der Waals surface area contributed by atoms with Gasteiger partial charge in [0.2, 0.25) is 0 Å². The quantitative estimate of drug-likeness (QED) is 0.720. The SMILES string of the molecule is Nc1nc2ccc(C(=O)Nc3ccc(Br)cc3F)cc2s1. The summed E-state index contributed by atoms with van der Waals surface area (Å²) in [6.45, 7) is 0. The van der Waals surface area contributed by atoms with Gasteiger partial charge in [-0.3, -0.25) is 4.79 Å². The largest absolute Gasteiger partial charge is 0.375 e. The average molecular weight is 366 g/mol. The molecule has 7 heteroatoms. The van der Waals surface area contributed by atoms with E-state index in [-0.39, 0.29) is 11.6 Å². The molecule has 0 aliphatic carbocycles. The molecule has 2 aromatic carbocycles. The first-order valence-corrected chi connectivity index (χ1v) is 7.56. The van der Waals surface area contributed by atoms with Gasteiger partial charge in [-0.25, -0.2) is 9.37 Å². The zero-order chi connectivity index (χ0) is 15.0. The van der Waals surface area contributed by atoms with Gasteiger partial charge in [-0.2, -0.15) is 0 Å². The van der Waals surface area contributed by atoms with Gasteiger partial charge in [0.05, 0.1) is 15.9 Å². The van der Waals surface area contributed by atoms with Crippen molar-refractivity contribution < 1.29 is 9.18 Å². The highest BCUT2D eigenvalue weighted by Crippen LogP contribution is 2.25. The topological polar surface area (TPSA) is 68.0 Å². The first-order valence-electron chi connectivity index (χ1n) is 5.95. The minimum atomic E-state index is -0.499. The maximum atomic E-state index is 13.7. The molecule has 0 unspecified atom stereocenters. The fraction of sp³-hybridized carbons (Fsp3) is 0. The molecule has 21 heavy (non-hydrogen) atoms. The molecule has 1 amide bonds. The highest BCUT2D eigenvalue weighted by atomic mass is 79.9. The van der Waals surface area contributed by atoms with E-state index in [1.54, 1.807) is 24.3 Å². The number of nitrogens with one attached hydrogen (secondary N) is 1. The van der Waals surface area contributed by atoms with E-state index in [4.69, 9.17) is 5.73 Å². The number of carbonyl (C=O) groups excluding carboxylic acids is 1. The lowest BCUT2D eigenvalue weighted by atomic mass is 10.2. The number of nitrogens with two attached hydrogens (primary N) is 1. The highest BCUT2D eigenvalue weighted by Gasteiger charge is 2.11. The van der Waals surface area contributed by atoms with Gasteiger partial charge in [0.1, 0.15) is 5.82 Å². The summed E-state index contributed by atoms with van der Waals surface area (Å²) in [4.78, 5) is 16.3. The molecule has 3 aromatic rings. The molecule has 0 fully saturated rings. The zero-order valence-corrected chi connectivity index (χ0v) is 13.0. The Kier molecular flexibility index (Phi) is 3.60. The van der Waals surface area contributed by atoms with Gasteiger partial charge < -0.3 is 11.1 Å². The van der Waals surface area contributed by atoms with Crippen LogP contribution in [0.2, 0.25) is 0 Å². The molecule has 3 rings (SSSR count). The van der Waals surface area contributed by atoms with Crippen molar-refractivity contribution in [2.45, 2.75) is 0 Å². The number of nitrogen functional groups attached to an aromatic ring is 1. The van der Waals surface area contributed by atoms with E-state index in [1.807, 2.05) is 0 Å². The van der Waals surface area contributed by atoms with Crippen LogP contribution < -0.4 is 11.1 Å². The van der Waals surface area contributed by atoms with Crippen LogP contribution in [0.25, 0.3) is 10.2 Å². The number of fused-ring (bicyclic) bond motifs is 1. The van der Waals surface area contributed by atoms with E-state index in [9.17, 15) is 9.18 Å². The molecule has 3 N–H and O–H groups in total. The molecule has 0 saturated heterocycles. The third-order valence-electron chi connectivity index (χ3n) is 2.85. The van der Waals surface area contributed by atoms with Crippen LogP contribution in [0.1, 0.15) is 10.4 Å². The second-order valence-electron chi connectivity index (χ2n) is 4.31. The van der Waals surface area contributed by atoms with E-state index >= 15 is 0 Å². The number of nitrogens with zero attached hydrogens (tertiary/aromatic N) is 1. The Morgan fingerprint density at radius 3 is 2.86 bits per heavy atom. The third-order valence-corrected chi connectivity index (χ3v) is 4.19. The Balaban J connectivity index is 1.89. The van der Waals surface area contributed by atoms with Crippen molar-refractivity contribution in [1.82, 2.24) is 4.98 Å². The Morgan fingerprint density at radius 2 is 2.10 bits per heavy atom.